The van der Waals surface area contributed by atoms with Crippen LogP contribution in [0.2, 0.25) is 0 Å². The van der Waals surface area contributed by atoms with Crippen molar-refractivity contribution < 1.29 is 14.0 Å². The third-order valence-electron chi connectivity index (χ3n) is 4.84. The van der Waals surface area contributed by atoms with Crippen LogP contribution in [-0.4, -0.2) is 41.9 Å². The zero-order chi connectivity index (χ0) is 19.2. The van der Waals surface area contributed by atoms with Gasteiger partial charge in [-0.05, 0) is 43.0 Å². The zero-order valence-electron chi connectivity index (χ0n) is 16.0. The van der Waals surface area contributed by atoms with Crippen LogP contribution in [0.4, 0.5) is 5.82 Å². The first-order chi connectivity index (χ1) is 13.8. The van der Waals surface area contributed by atoms with Gasteiger partial charge in [-0.2, -0.15) is 4.98 Å². The molecule has 0 spiro atoms. The maximum Gasteiger partial charge on any atom is 0.259 e. The average Bonchev–Trinajstić information content (AvgIpc) is 3.23. The van der Waals surface area contributed by atoms with Gasteiger partial charge in [0.05, 0.1) is 5.56 Å². The second-order valence-electron chi connectivity index (χ2n) is 6.96. The van der Waals surface area contributed by atoms with Crippen molar-refractivity contribution in [2.45, 2.75) is 19.4 Å². The van der Waals surface area contributed by atoms with E-state index in [4.69, 9.17) is 14.0 Å². The lowest BCUT2D eigenvalue weighted by molar-refractivity contribution is 0.0685. The molecule has 0 saturated carbocycles. The fourth-order valence-corrected chi connectivity index (χ4v) is 3.24. The van der Waals surface area contributed by atoms with E-state index in [0.29, 0.717) is 17.6 Å². The first-order valence-corrected chi connectivity index (χ1v) is 9.53. The Morgan fingerprint density at radius 3 is 2.68 bits per heavy atom. The molecule has 0 N–H and O–H groups in total. The second-order valence-corrected chi connectivity index (χ2v) is 6.96. The zero-order valence-corrected chi connectivity index (χ0v) is 16.0. The van der Waals surface area contributed by atoms with Gasteiger partial charge in [0, 0.05) is 33.0 Å². The van der Waals surface area contributed by atoms with E-state index < -0.39 is 0 Å². The molecule has 7 nitrogen and oxygen atoms in total. The molecule has 1 aromatic carbocycles. The number of hydrogen-bond donors (Lipinski definition) is 0. The summed E-state index contributed by atoms with van der Waals surface area (Å²) in [5, 5.41) is 3.98. The molecule has 4 rings (SSSR count). The minimum atomic E-state index is 0.257. The van der Waals surface area contributed by atoms with Crippen LogP contribution in [0.15, 0.2) is 53.2 Å². The Morgan fingerprint density at radius 1 is 1.11 bits per heavy atom. The summed E-state index contributed by atoms with van der Waals surface area (Å²) in [5.41, 5.74) is 0.793. The summed E-state index contributed by atoms with van der Waals surface area (Å²) in [7, 11) is 2.07. The largest absolute Gasteiger partial charge is 0.485 e. The van der Waals surface area contributed by atoms with Crippen LogP contribution in [0.3, 0.4) is 0 Å². The van der Waals surface area contributed by atoms with Gasteiger partial charge in [0.1, 0.15) is 11.6 Å². The van der Waals surface area contributed by atoms with Gasteiger partial charge in [0.25, 0.3) is 5.89 Å². The van der Waals surface area contributed by atoms with Gasteiger partial charge in [-0.15, -0.1) is 0 Å². The minimum Gasteiger partial charge on any atom is -0.485 e. The Labute approximate surface area is 164 Å². The van der Waals surface area contributed by atoms with Crippen LogP contribution in [0.25, 0.3) is 11.5 Å². The van der Waals surface area contributed by atoms with E-state index >= 15 is 0 Å². The number of rotatable bonds is 7. The Hall–Kier alpha value is -2.93. The number of anilines is 1. The predicted octanol–water partition coefficient (Wildman–Crippen LogP) is 3.57. The molecule has 28 heavy (non-hydrogen) atoms. The molecule has 1 aliphatic heterocycles. The molecule has 146 valence electrons. The van der Waals surface area contributed by atoms with Crippen molar-refractivity contribution in [1.29, 1.82) is 0 Å². The summed E-state index contributed by atoms with van der Waals surface area (Å²) in [4.78, 5) is 11.1. The summed E-state index contributed by atoms with van der Waals surface area (Å²) < 4.78 is 16.4. The van der Waals surface area contributed by atoms with E-state index in [1.165, 1.54) is 0 Å². The maximum absolute atomic E-state index is 5.65. The number of ether oxygens (including phenoxy) is 2. The Bertz CT molecular complexity index is 861. The summed E-state index contributed by atoms with van der Waals surface area (Å²) in [5.74, 6) is 3.30. The summed E-state index contributed by atoms with van der Waals surface area (Å²) in [6, 6.07) is 13.5. The normalized spacial score (nSPS) is 14.8. The van der Waals surface area contributed by atoms with Crippen molar-refractivity contribution >= 4 is 5.82 Å². The van der Waals surface area contributed by atoms with Gasteiger partial charge in [0.2, 0.25) is 5.82 Å². The highest BCUT2D eigenvalue weighted by Crippen LogP contribution is 2.22. The highest BCUT2D eigenvalue weighted by molar-refractivity contribution is 5.54. The van der Waals surface area contributed by atoms with Crippen LogP contribution in [0, 0.1) is 5.92 Å². The molecule has 0 aliphatic carbocycles. The topological polar surface area (TPSA) is 73.5 Å². The molecule has 1 saturated heterocycles. The van der Waals surface area contributed by atoms with Crippen LogP contribution < -0.4 is 9.64 Å². The molecule has 0 unspecified atom stereocenters. The number of nitrogens with zero attached hydrogens (tertiary/aromatic N) is 4. The molecule has 3 heterocycles. The van der Waals surface area contributed by atoms with Gasteiger partial charge in [-0.3, -0.25) is 0 Å². The van der Waals surface area contributed by atoms with Crippen molar-refractivity contribution in [3.8, 4) is 17.2 Å². The number of para-hydroxylation sites is 1. The van der Waals surface area contributed by atoms with Crippen molar-refractivity contribution in [2.24, 2.45) is 5.92 Å². The van der Waals surface area contributed by atoms with Crippen molar-refractivity contribution in [3.05, 3.63) is 54.5 Å². The van der Waals surface area contributed by atoms with E-state index in [-0.39, 0.29) is 6.61 Å². The van der Waals surface area contributed by atoms with Gasteiger partial charge in [-0.1, -0.05) is 23.4 Å². The van der Waals surface area contributed by atoms with Gasteiger partial charge in [-0.25, -0.2) is 4.98 Å². The predicted molar refractivity (Wildman–Crippen MR) is 105 cm³/mol. The Morgan fingerprint density at radius 2 is 1.93 bits per heavy atom. The molecular weight excluding hydrogens is 356 g/mol. The maximum atomic E-state index is 5.65. The highest BCUT2D eigenvalue weighted by Gasteiger charge is 2.17. The van der Waals surface area contributed by atoms with E-state index in [2.05, 4.69) is 27.1 Å². The van der Waals surface area contributed by atoms with E-state index in [0.717, 1.165) is 49.7 Å². The SMILES string of the molecule is CN(CC1CCOCC1)c1ccc(-c2nc(COc3ccccc3)no2)cn1. The lowest BCUT2D eigenvalue weighted by atomic mass is 10.00. The third-order valence-corrected chi connectivity index (χ3v) is 4.84. The minimum absolute atomic E-state index is 0.257. The number of aromatic nitrogens is 3. The molecule has 0 amide bonds. The lowest BCUT2D eigenvalue weighted by Gasteiger charge is -2.27. The van der Waals surface area contributed by atoms with Gasteiger partial charge in [0.15, 0.2) is 6.61 Å². The molecule has 7 heteroatoms. The van der Waals surface area contributed by atoms with Crippen molar-refractivity contribution in [3.63, 3.8) is 0 Å². The van der Waals surface area contributed by atoms with Gasteiger partial charge < -0.3 is 18.9 Å². The molecular formula is C21H24N4O3. The standard InChI is InChI=1S/C21H24N4O3/c1-25(14-16-9-11-26-12-10-16)20-8-7-17(13-22-20)21-23-19(24-28-21)15-27-18-5-3-2-4-6-18/h2-8,13,16H,9-12,14-15H2,1H3. The van der Waals surface area contributed by atoms with E-state index in [9.17, 15) is 0 Å². The third kappa shape index (κ3) is 4.67. The fraction of sp³-hybridized carbons (Fsp3) is 0.381. The first kappa shape index (κ1) is 18.4. The lowest BCUT2D eigenvalue weighted by Crippen LogP contribution is -2.29. The molecule has 0 bridgehead atoms. The van der Waals surface area contributed by atoms with E-state index in [1.807, 2.05) is 42.5 Å². The Balaban J connectivity index is 1.35. The summed E-state index contributed by atoms with van der Waals surface area (Å²) >= 11 is 0. The summed E-state index contributed by atoms with van der Waals surface area (Å²) in [6.45, 7) is 2.96. The monoisotopic (exact) mass is 380 g/mol. The molecule has 0 radical (unpaired) electrons. The van der Waals surface area contributed by atoms with E-state index in [1.54, 1.807) is 6.20 Å². The van der Waals surface area contributed by atoms with Crippen LogP contribution in [-0.2, 0) is 11.3 Å². The second kappa shape index (κ2) is 8.84. The van der Waals surface area contributed by atoms with Crippen LogP contribution in [0.5, 0.6) is 5.75 Å². The average molecular weight is 380 g/mol. The fourth-order valence-electron chi connectivity index (χ4n) is 3.24. The number of hydrogen-bond acceptors (Lipinski definition) is 7. The number of pyridine rings is 1. The highest BCUT2D eigenvalue weighted by atomic mass is 16.5. The van der Waals surface area contributed by atoms with Crippen LogP contribution in [0.1, 0.15) is 18.7 Å². The molecule has 0 atom stereocenters. The quantitative estimate of drug-likeness (QED) is 0.620. The van der Waals surface area contributed by atoms with Gasteiger partial charge >= 0.3 is 0 Å². The molecule has 3 aromatic rings. The number of benzene rings is 1. The molecule has 2 aromatic heterocycles. The Kier molecular flexibility index (Phi) is 5.82. The first-order valence-electron chi connectivity index (χ1n) is 9.53. The summed E-state index contributed by atoms with van der Waals surface area (Å²) in [6.07, 6.45) is 3.99. The van der Waals surface area contributed by atoms with Crippen molar-refractivity contribution in [1.82, 2.24) is 15.1 Å². The van der Waals surface area contributed by atoms with Crippen LogP contribution >= 0.6 is 0 Å². The molecule has 1 fully saturated rings. The van der Waals surface area contributed by atoms with Crippen molar-refractivity contribution in [2.75, 3.05) is 31.7 Å². The molecule has 1 aliphatic rings. The smallest absolute Gasteiger partial charge is 0.259 e.